The molecule has 9 heteroatoms. The van der Waals surface area contributed by atoms with Crippen molar-refractivity contribution in [2.24, 2.45) is 0 Å². The van der Waals surface area contributed by atoms with Crippen LogP contribution in [0, 0.1) is 5.82 Å². The average molecular weight is 457 g/mol. The van der Waals surface area contributed by atoms with Crippen molar-refractivity contribution in [2.45, 2.75) is 38.0 Å². The summed E-state index contributed by atoms with van der Waals surface area (Å²) in [7, 11) is 0. The van der Waals surface area contributed by atoms with E-state index < -0.39 is 0 Å². The van der Waals surface area contributed by atoms with E-state index in [-0.39, 0.29) is 35.6 Å². The van der Waals surface area contributed by atoms with Crippen LogP contribution in [0.2, 0.25) is 0 Å². The number of halogens is 1. The number of benzene rings is 1. The number of carbonyl (C=O) groups excluding carboxylic acids is 1. The Morgan fingerprint density at radius 3 is 2.81 bits per heavy atom. The van der Waals surface area contributed by atoms with Crippen LogP contribution >= 0.6 is 23.1 Å². The van der Waals surface area contributed by atoms with E-state index in [2.05, 4.69) is 10.3 Å². The summed E-state index contributed by atoms with van der Waals surface area (Å²) < 4.78 is 15.4. The summed E-state index contributed by atoms with van der Waals surface area (Å²) in [5.74, 6) is -0.304. The molecule has 4 rings (SSSR count). The van der Waals surface area contributed by atoms with Crippen LogP contribution < -0.4 is 10.9 Å². The van der Waals surface area contributed by atoms with Crippen molar-refractivity contribution >= 4 is 49.4 Å². The molecule has 0 aliphatic rings. The molecule has 6 nitrogen and oxygen atoms in total. The number of aromatic nitrogens is 3. The SMILES string of the molecule is CC[C@@H](C)NC(=O)CSc1nc2c(sc3ncccc32)c(=O)n1Cc1ccc(F)cc1. The van der Waals surface area contributed by atoms with E-state index in [9.17, 15) is 14.0 Å². The summed E-state index contributed by atoms with van der Waals surface area (Å²) in [6.45, 7) is 4.19. The molecule has 0 bridgehead atoms. The van der Waals surface area contributed by atoms with Gasteiger partial charge in [0.2, 0.25) is 5.91 Å². The number of hydrogen-bond acceptors (Lipinski definition) is 6. The maximum atomic E-state index is 13.4. The molecule has 3 heterocycles. The van der Waals surface area contributed by atoms with Gasteiger partial charge in [0.15, 0.2) is 5.16 Å². The normalized spacial score (nSPS) is 12.4. The standard InChI is InChI=1S/C22H21FN4O2S2/c1-3-13(2)25-17(28)12-30-22-26-18-16-5-4-10-24-20(16)31-19(18)21(29)27(22)11-14-6-8-15(23)9-7-14/h4-10,13H,3,11-12H2,1-2H3,(H,25,28)/t13-/m1/s1. The Morgan fingerprint density at radius 1 is 1.29 bits per heavy atom. The van der Waals surface area contributed by atoms with Gasteiger partial charge in [0.05, 0.1) is 17.8 Å². The number of thiophene rings is 1. The number of nitrogens with zero attached hydrogens (tertiary/aromatic N) is 3. The minimum absolute atomic E-state index is 0.0804. The van der Waals surface area contributed by atoms with E-state index in [4.69, 9.17) is 4.98 Å². The number of hydrogen-bond donors (Lipinski definition) is 1. The lowest BCUT2D eigenvalue weighted by atomic mass is 10.2. The zero-order valence-electron chi connectivity index (χ0n) is 17.1. The zero-order valence-corrected chi connectivity index (χ0v) is 18.7. The number of thioether (sulfide) groups is 1. The second-order valence-corrected chi connectivity index (χ2v) is 9.16. The van der Waals surface area contributed by atoms with Crippen molar-refractivity contribution in [3.8, 4) is 0 Å². The molecule has 0 radical (unpaired) electrons. The Balaban J connectivity index is 1.76. The maximum Gasteiger partial charge on any atom is 0.272 e. The van der Waals surface area contributed by atoms with Crippen molar-refractivity contribution in [3.05, 3.63) is 64.3 Å². The van der Waals surface area contributed by atoms with Gasteiger partial charge in [-0.25, -0.2) is 14.4 Å². The second kappa shape index (κ2) is 9.15. The summed E-state index contributed by atoms with van der Waals surface area (Å²) in [5, 5.41) is 4.19. The first-order valence-electron chi connectivity index (χ1n) is 9.91. The van der Waals surface area contributed by atoms with Gasteiger partial charge in [0.1, 0.15) is 15.3 Å². The fraction of sp³-hybridized carbons (Fsp3) is 0.273. The van der Waals surface area contributed by atoms with E-state index in [1.165, 1.54) is 35.2 Å². The number of amides is 1. The molecule has 1 aromatic carbocycles. The number of rotatable bonds is 7. The molecule has 1 amide bonds. The highest BCUT2D eigenvalue weighted by molar-refractivity contribution is 7.99. The van der Waals surface area contributed by atoms with Crippen molar-refractivity contribution in [3.63, 3.8) is 0 Å². The van der Waals surface area contributed by atoms with Crippen LogP contribution in [0.15, 0.2) is 52.5 Å². The fourth-order valence-electron chi connectivity index (χ4n) is 3.11. The first-order chi connectivity index (χ1) is 15.0. The Kier molecular flexibility index (Phi) is 6.33. The van der Waals surface area contributed by atoms with Gasteiger partial charge in [-0.3, -0.25) is 14.2 Å². The zero-order chi connectivity index (χ0) is 22.0. The number of carbonyl (C=O) groups is 1. The van der Waals surface area contributed by atoms with Crippen LogP contribution in [0.5, 0.6) is 0 Å². The fourth-order valence-corrected chi connectivity index (χ4v) is 4.95. The van der Waals surface area contributed by atoms with Gasteiger partial charge in [0.25, 0.3) is 5.56 Å². The van der Waals surface area contributed by atoms with Crippen LogP contribution in [0.4, 0.5) is 4.39 Å². The van der Waals surface area contributed by atoms with E-state index in [1.54, 1.807) is 22.9 Å². The molecule has 1 atom stereocenters. The summed E-state index contributed by atoms with van der Waals surface area (Å²) in [6.07, 6.45) is 2.52. The van der Waals surface area contributed by atoms with E-state index >= 15 is 0 Å². The summed E-state index contributed by atoms with van der Waals surface area (Å²) >= 11 is 2.53. The number of nitrogens with one attached hydrogen (secondary N) is 1. The Labute approximate surface area is 186 Å². The molecule has 4 aromatic rings. The van der Waals surface area contributed by atoms with E-state index in [0.29, 0.717) is 15.4 Å². The van der Waals surface area contributed by atoms with E-state index in [0.717, 1.165) is 22.2 Å². The molecule has 0 spiro atoms. The van der Waals surface area contributed by atoms with Crippen molar-refractivity contribution < 1.29 is 9.18 Å². The molecule has 3 aromatic heterocycles. The van der Waals surface area contributed by atoms with Gasteiger partial charge < -0.3 is 5.32 Å². The monoisotopic (exact) mass is 456 g/mol. The number of pyridine rings is 1. The highest BCUT2D eigenvalue weighted by atomic mass is 32.2. The Bertz CT molecular complexity index is 1300. The van der Waals surface area contributed by atoms with Gasteiger partial charge in [-0.1, -0.05) is 30.8 Å². The van der Waals surface area contributed by atoms with Crippen LogP contribution in [0.3, 0.4) is 0 Å². The molecule has 1 N–H and O–H groups in total. The van der Waals surface area contributed by atoms with Crippen LogP contribution in [0.25, 0.3) is 20.4 Å². The van der Waals surface area contributed by atoms with Gasteiger partial charge in [-0.2, -0.15) is 0 Å². The maximum absolute atomic E-state index is 13.4. The highest BCUT2D eigenvalue weighted by Gasteiger charge is 2.18. The predicted molar refractivity (Wildman–Crippen MR) is 123 cm³/mol. The van der Waals surface area contributed by atoms with Crippen molar-refractivity contribution in [2.75, 3.05) is 5.75 Å². The first-order valence-corrected chi connectivity index (χ1v) is 11.7. The highest BCUT2D eigenvalue weighted by Crippen LogP contribution is 2.30. The predicted octanol–water partition coefficient (Wildman–Crippen LogP) is 4.20. The second-order valence-electron chi connectivity index (χ2n) is 7.21. The van der Waals surface area contributed by atoms with Gasteiger partial charge in [0, 0.05) is 17.6 Å². The average Bonchev–Trinajstić information content (AvgIpc) is 3.14. The summed E-state index contributed by atoms with van der Waals surface area (Å²) in [6, 6.07) is 9.79. The molecule has 160 valence electrons. The Hall–Kier alpha value is -2.78. The lowest BCUT2D eigenvalue weighted by Crippen LogP contribution is -2.33. The molecular formula is C22H21FN4O2S2. The van der Waals surface area contributed by atoms with Crippen LogP contribution in [-0.4, -0.2) is 32.2 Å². The topological polar surface area (TPSA) is 76.9 Å². The number of fused-ring (bicyclic) bond motifs is 3. The third kappa shape index (κ3) is 4.62. The summed E-state index contributed by atoms with van der Waals surface area (Å²) in [4.78, 5) is 35.5. The van der Waals surface area contributed by atoms with Gasteiger partial charge in [-0.15, -0.1) is 11.3 Å². The van der Waals surface area contributed by atoms with Crippen LogP contribution in [0.1, 0.15) is 25.8 Å². The third-order valence-electron chi connectivity index (χ3n) is 4.92. The largest absolute Gasteiger partial charge is 0.353 e. The quantitative estimate of drug-likeness (QED) is 0.333. The molecule has 0 unspecified atom stereocenters. The first kappa shape index (κ1) is 21.5. The molecule has 0 saturated carbocycles. The van der Waals surface area contributed by atoms with Gasteiger partial charge in [-0.05, 0) is 43.2 Å². The smallest absolute Gasteiger partial charge is 0.272 e. The lowest BCUT2D eigenvalue weighted by Gasteiger charge is -2.14. The Morgan fingerprint density at radius 2 is 2.06 bits per heavy atom. The van der Waals surface area contributed by atoms with Crippen molar-refractivity contribution in [1.82, 2.24) is 19.9 Å². The van der Waals surface area contributed by atoms with Crippen molar-refractivity contribution in [1.29, 1.82) is 0 Å². The van der Waals surface area contributed by atoms with Crippen LogP contribution in [-0.2, 0) is 11.3 Å². The van der Waals surface area contributed by atoms with E-state index in [1.807, 2.05) is 26.0 Å². The minimum Gasteiger partial charge on any atom is -0.353 e. The minimum atomic E-state index is -0.337. The molecular weight excluding hydrogens is 435 g/mol. The molecule has 0 aliphatic heterocycles. The molecule has 0 saturated heterocycles. The van der Waals surface area contributed by atoms with Gasteiger partial charge >= 0.3 is 0 Å². The lowest BCUT2D eigenvalue weighted by molar-refractivity contribution is -0.119. The summed E-state index contributed by atoms with van der Waals surface area (Å²) in [5.41, 5.74) is 1.18. The third-order valence-corrected chi connectivity index (χ3v) is 6.99. The molecule has 0 aliphatic carbocycles. The molecule has 0 fully saturated rings. The molecule has 31 heavy (non-hydrogen) atoms.